The van der Waals surface area contributed by atoms with E-state index in [1.54, 1.807) is 0 Å². The minimum absolute atomic E-state index is 0.137. The summed E-state index contributed by atoms with van der Waals surface area (Å²) in [4.78, 5) is 59.0. The van der Waals surface area contributed by atoms with Crippen LogP contribution in [0, 0.1) is 0 Å². The summed E-state index contributed by atoms with van der Waals surface area (Å²) in [6, 6.07) is 13.4. The van der Waals surface area contributed by atoms with Crippen molar-refractivity contribution in [2.24, 2.45) is 0 Å². The van der Waals surface area contributed by atoms with Crippen LogP contribution in [0.25, 0.3) is 0 Å². The summed E-state index contributed by atoms with van der Waals surface area (Å²) in [5.74, 6) is -7.14. The van der Waals surface area contributed by atoms with Crippen molar-refractivity contribution < 1.29 is 48.8 Å². The SMILES string of the molecule is O=C(O)c1cccc(C(=O)Oc2cccc(C(=O)O)c2OC(=O)c2cccc(C(=O)O)c2)c1. The number of para-hydroxylation sites is 1. The molecule has 0 aromatic heterocycles. The third-order valence-electron chi connectivity index (χ3n) is 4.30. The molecule has 0 saturated heterocycles. The van der Waals surface area contributed by atoms with E-state index in [2.05, 4.69) is 0 Å². The van der Waals surface area contributed by atoms with E-state index < -0.39 is 46.9 Å². The van der Waals surface area contributed by atoms with Gasteiger partial charge in [-0.15, -0.1) is 0 Å². The lowest BCUT2D eigenvalue weighted by Gasteiger charge is -2.13. The summed E-state index contributed by atoms with van der Waals surface area (Å²) in [7, 11) is 0. The average Bonchev–Trinajstić information content (AvgIpc) is 2.80. The van der Waals surface area contributed by atoms with Crippen molar-refractivity contribution in [3.05, 3.63) is 94.5 Å². The Morgan fingerprint density at radius 3 is 1.48 bits per heavy atom. The molecule has 33 heavy (non-hydrogen) atoms. The molecule has 3 N–H and O–H groups in total. The van der Waals surface area contributed by atoms with Gasteiger partial charge in [-0.05, 0) is 48.5 Å². The third kappa shape index (κ3) is 5.20. The summed E-state index contributed by atoms with van der Waals surface area (Å²) in [5.41, 5.74) is -1.18. The highest BCUT2D eigenvalue weighted by molar-refractivity contribution is 5.99. The molecule has 0 aliphatic carbocycles. The lowest BCUT2D eigenvalue weighted by atomic mass is 10.1. The molecular weight excluding hydrogens is 436 g/mol. The first-order valence-electron chi connectivity index (χ1n) is 9.14. The normalized spacial score (nSPS) is 10.2. The second kappa shape index (κ2) is 9.43. The number of hydrogen-bond donors (Lipinski definition) is 3. The van der Waals surface area contributed by atoms with Gasteiger partial charge in [-0.2, -0.15) is 0 Å². The molecule has 10 heteroatoms. The number of carbonyl (C=O) groups excluding carboxylic acids is 2. The number of esters is 2. The summed E-state index contributed by atoms with van der Waals surface area (Å²) in [6.45, 7) is 0. The lowest BCUT2D eigenvalue weighted by Crippen LogP contribution is -2.16. The fourth-order valence-electron chi connectivity index (χ4n) is 2.74. The van der Waals surface area contributed by atoms with Gasteiger partial charge >= 0.3 is 29.8 Å². The van der Waals surface area contributed by atoms with E-state index in [1.165, 1.54) is 48.5 Å². The predicted molar refractivity (Wildman–Crippen MR) is 110 cm³/mol. The zero-order valence-electron chi connectivity index (χ0n) is 16.6. The Morgan fingerprint density at radius 2 is 1.00 bits per heavy atom. The lowest BCUT2D eigenvalue weighted by molar-refractivity contribution is 0.0649. The van der Waals surface area contributed by atoms with Gasteiger partial charge in [0.2, 0.25) is 0 Å². The number of benzene rings is 3. The fraction of sp³-hybridized carbons (Fsp3) is 0. The monoisotopic (exact) mass is 450 g/mol. The van der Waals surface area contributed by atoms with E-state index in [0.717, 1.165) is 18.2 Å². The van der Waals surface area contributed by atoms with Crippen LogP contribution in [0.5, 0.6) is 11.5 Å². The number of carboxylic acid groups (broad SMARTS) is 3. The number of carbonyl (C=O) groups is 5. The fourth-order valence-corrected chi connectivity index (χ4v) is 2.74. The number of rotatable bonds is 7. The number of aromatic carboxylic acids is 3. The molecule has 10 nitrogen and oxygen atoms in total. The highest BCUT2D eigenvalue weighted by atomic mass is 16.6. The summed E-state index contributed by atoms with van der Waals surface area (Å²) < 4.78 is 10.4. The molecule has 0 bridgehead atoms. The van der Waals surface area contributed by atoms with Crippen LogP contribution >= 0.6 is 0 Å². The van der Waals surface area contributed by atoms with Crippen LogP contribution in [0.3, 0.4) is 0 Å². The van der Waals surface area contributed by atoms with Gasteiger partial charge in [0.05, 0.1) is 22.3 Å². The molecule has 0 unspecified atom stereocenters. The Hall–Kier alpha value is -4.99. The van der Waals surface area contributed by atoms with Crippen LogP contribution in [0.15, 0.2) is 66.7 Å². The second-order valence-electron chi connectivity index (χ2n) is 6.49. The molecular formula is C23H14O10. The molecule has 0 atom stereocenters. The first-order valence-corrected chi connectivity index (χ1v) is 9.14. The molecule has 0 radical (unpaired) electrons. The standard InChI is InChI=1S/C23H14O10/c24-19(25)12-4-1-6-14(10-12)22(30)32-17-9-3-8-16(21(28)29)18(17)33-23(31)15-7-2-5-13(11-15)20(26)27/h1-11H,(H,24,25)(H,26,27)(H,28,29). The van der Waals surface area contributed by atoms with E-state index in [0.29, 0.717) is 0 Å². The molecule has 3 rings (SSSR count). The van der Waals surface area contributed by atoms with E-state index >= 15 is 0 Å². The van der Waals surface area contributed by atoms with Gasteiger partial charge in [0.25, 0.3) is 0 Å². The molecule has 0 aliphatic rings. The minimum atomic E-state index is -1.48. The Balaban J connectivity index is 1.96. The molecule has 0 saturated carbocycles. The van der Waals surface area contributed by atoms with E-state index in [4.69, 9.17) is 19.7 Å². The Morgan fingerprint density at radius 1 is 0.545 bits per heavy atom. The van der Waals surface area contributed by atoms with Gasteiger partial charge in [-0.25, -0.2) is 24.0 Å². The zero-order valence-corrected chi connectivity index (χ0v) is 16.6. The van der Waals surface area contributed by atoms with Gasteiger partial charge in [0.15, 0.2) is 11.5 Å². The zero-order chi connectivity index (χ0) is 24.1. The maximum Gasteiger partial charge on any atom is 0.343 e. The predicted octanol–water partition coefficient (Wildman–Crippen LogP) is 3.22. The first-order chi connectivity index (χ1) is 15.7. The van der Waals surface area contributed by atoms with Crippen LogP contribution in [-0.4, -0.2) is 45.2 Å². The van der Waals surface area contributed by atoms with Crippen molar-refractivity contribution in [2.45, 2.75) is 0 Å². The minimum Gasteiger partial charge on any atom is -0.478 e. The molecule has 3 aromatic carbocycles. The molecule has 0 fully saturated rings. The van der Waals surface area contributed by atoms with Crippen LogP contribution in [0.1, 0.15) is 51.8 Å². The summed E-state index contributed by atoms with van der Waals surface area (Å²) in [6.07, 6.45) is 0. The largest absolute Gasteiger partial charge is 0.478 e. The van der Waals surface area contributed by atoms with E-state index in [1.807, 2.05) is 0 Å². The van der Waals surface area contributed by atoms with E-state index in [9.17, 15) is 29.1 Å². The first kappa shape index (κ1) is 22.7. The van der Waals surface area contributed by atoms with Crippen molar-refractivity contribution >= 4 is 29.8 Å². The van der Waals surface area contributed by atoms with Crippen LogP contribution in [0.4, 0.5) is 0 Å². The van der Waals surface area contributed by atoms with Crippen LogP contribution < -0.4 is 9.47 Å². The average molecular weight is 450 g/mol. The Labute approximate surface area is 185 Å². The van der Waals surface area contributed by atoms with Crippen molar-refractivity contribution in [3.63, 3.8) is 0 Å². The Bertz CT molecular complexity index is 1290. The smallest absolute Gasteiger partial charge is 0.343 e. The van der Waals surface area contributed by atoms with Gasteiger partial charge < -0.3 is 24.8 Å². The van der Waals surface area contributed by atoms with Crippen LogP contribution in [-0.2, 0) is 0 Å². The van der Waals surface area contributed by atoms with Crippen LogP contribution in [0.2, 0.25) is 0 Å². The summed E-state index contributed by atoms with van der Waals surface area (Å²) >= 11 is 0. The molecule has 0 heterocycles. The number of ether oxygens (including phenoxy) is 2. The maximum atomic E-state index is 12.6. The van der Waals surface area contributed by atoms with Crippen molar-refractivity contribution in [1.29, 1.82) is 0 Å². The maximum absolute atomic E-state index is 12.6. The quantitative estimate of drug-likeness (QED) is 0.359. The molecule has 3 aromatic rings. The summed E-state index contributed by atoms with van der Waals surface area (Å²) in [5, 5.41) is 27.6. The third-order valence-corrected chi connectivity index (χ3v) is 4.30. The van der Waals surface area contributed by atoms with Crippen molar-refractivity contribution in [2.75, 3.05) is 0 Å². The van der Waals surface area contributed by atoms with Gasteiger partial charge in [0.1, 0.15) is 5.56 Å². The van der Waals surface area contributed by atoms with E-state index in [-0.39, 0.29) is 22.3 Å². The van der Waals surface area contributed by atoms with Gasteiger partial charge in [-0.1, -0.05) is 18.2 Å². The highest BCUT2D eigenvalue weighted by Gasteiger charge is 2.23. The molecule has 0 spiro atoms. The van der Waals surface area contributed by atoms with Crippen molar-refractivity contribution in [1.82, 2.24) is 0 Å². The molecule has 166 valence electrons. The topological polar surface area (TPSA) is 164 Å². The molecule has 0 aliphatic heterocycles. The van der Waals surface area contributed by atoms with Crippen molar-refractivity contribution in [3.8, 4) is 11.5 Å². The van der Waals surface area contributed by atoms with Gasteiger partial charge in [0, 0.05) is 0 Å². The number of hydrogen-bond acceptors (Lipinski definition) is 7. The second-order valence-corrected chi connectivity index (χ2v) is 6.49. The molecule has 0 amide bonds. The highest BCUT2D eigenvalue weighted by Crippen LogP contribution is 2.33. The Kier molecular flexibility index (Phi) is 6.49. The number of carboxylic acids is 3. The van der Waals surface area contributed by atoms with Gasteiger partial charge in [-0.3, -0.25) is 0 Å².